The monoisotopic (exact) mass is 250 g/mol. The number of carbonyl (C=O) groups excluding carboxylic acids is 2. The van der Waals surface area contributed by atoms with Crippen LogP contribution < -0.4 is 10.6 Å². The molecule has 0 bridgehead atoms. The zero-order chi connectivity index (χ0) is 13.4. The Labute approximate surface area is 107 Å². The maximum absolute atomic E-state index is 11.5. The van der Waals surface area contributed by atoms with Crippen LogP contribution >= 0.6 is 0 Å². The third kappa shape index (κ3) is 4.86. The van der Waals surface area contributed by atoms with Gasteiger partial charge in [-0.25, -0.2) is 9.59 Å². The standard InChI is InChI=1S/C13H18N2O3/c1-3-18-12(16)10(2)15-13(17)14-9-11-7-5-4-6-8-11/h4-8,10H,3,9H2,1-2H3,(H2,14,15,17). The zero-order valence-electron chi connectivity index (χ0n) is 10.6. The number of rotatable bonds is 5. The van der Waals surface area contributed by atoms with Gasteiger partial charge in [0.25, 0.3) is 0 Å². The Bertz CT molecular complexity index is 392. The Morgan fingerprint density at radius 3 is 2.56 bits per heavy atom. The fourth-order valence-electron chi connectivity index (χ4n) is 1.35. The van der Waals surface area contributed by atoms with E-state index in [1.807, 2.05) is 30.3 Å². The van der Waals surface area contributed by atoms with E-state index in [0.29, 0.717) is 13.2 Å². The van der Waals surface area contributed by atoms with E-state index in [4.69, 9.17) is 4.74 Å². The predicted molar refractivity (Wildman–Crippen MR) is 67.9 cm³/mol. The van der Waals surface area contributed by atoms with Crippen molar-refractivity contribution in [2.45, 2.75) is 26.4 Å². The molecule has 0 aliphatic carbocycles. The lowest BCUT2D eigenvalue weighted by molar-refractivity contribution is -0.144. The Balaban J connectivity index is 2.31. The molecule has 2 N–H and O–H groups in total. The summed E-state index contributed by atoms with van der Waals surface area (Å²) in [6, 6.07) is 8.49. The Morgan fingerprint density at radius 2 is 1.94 bits per heavy atom. The summed E-state index contributed by atoms with van der Waals surface area (Å²) in [7, 11) is 0. The third-order valence-electron chi connectivity index (χ3n) is 2.28. The summed E-state index contributed by atoms with van der Waals surface area (Å²) in [5.74, 6) is -0.438. The first-order valence-corrected chi connectivity index (χ1v) is 5.88. The molecule has 2 amide bonds. The van der Waals surface area contributed by atoms with Gasteiger partial charge in [0.1, 0.15) is 6.04 Å². The van der Waals surface area contributed by atoms with Crippen molar-refractivity contribution in [3.8, 4) is 0 Å². The molecule has 0 fully saturated rings. The van der Waals surface area contributed by atoms with Crippen LogP contribution in [0.2, 0.25) is 0 Å². The molecule has 18 heavy (non-hydrogen) atoms. The average Bonchev–Trinajstić information content (AvgIpc) is 2.38. The van der Waals surface area contributed by atoms with Gasteiger partial charge in [0.05, 0.1) is 6.61 Å². The van der Waals surface area contributed by atoms with E-state index < -0.39 is 12.0 Å². The number of nitrogens with one attached hydrogen (secondary N) is 2. The largest absolute Gasteiger partial charge is 0.464 e. The smallest absolute Gasteiger partial charge is 0.328 e. The van der Waals surface area contributed by atoms with Crippen LogP contribution in [0, 0.1) is 0 Å². The average molecular weight is 250 g/mol. The van der Waals surface area contributed by atoms with Crippen LogP contribution in [0.1, 0.15) is 19.4 Å². The second-order valence-corrected chi connectivity index (χ2v) is 3.79. The number of urea groups is 1. The first-order chi connectivity index (χ1) is 8.63. The lowest BCUT2D eigenvalue weighted by Crippen LogP contribution is -2.44. The first-order valence-electron chi connectivity index (χ1n) is 5.88. The van der Waals surface area contributed by atoms with Gasteiger partial charge in [-0.15, -0.1) is 0 Å². The number of benzene rings is 1. The van der Waals surface area contributed by atoms with Crippen LogP contribution in [-0.2, 0) is 16.1 Å². The van der Waals surface area contributed by atoms with Crippen LogP contribution in [0.5, 0.6) is 0 Å². The molecule has 5 heteroatoms. The highest BCUT2D eigenvalue weighted by molar-refractivity contribution is 5.83. The lowest BCUT2D eigenvalue weighted by atomic mass is 10.2. The summed E-state index contributed by atoms with van der Waals surface area (Å²) in [5.41, 5.74) is 0.997. The van der Waals surface area contributed by atoms with Gasteiger partial charge in [-0.3, -0.25) is 0 Å². The maximum Gasteiger partial charge on any atom is 0.328 e. The van der Waals surface area contributed by atoms with Crippen LogP contribution in [-0.4, -0.2) is 24.6 Å². The molecule has 1 atom stereocenters. The van der Waals surface area contributed by atoms with E-state index in [1.165, 1.54) is 0 Å². The minimum absolute atomic E-state index is 0.302. The third-order valence-corrected chi connectivity index (χ3v) is 2.28. The van der Waals surface area contributed by atoms with E-state index in [2.05, 4.69) is 10.6 Å². The summed E-state index contributed by atoms with van der Waals surface area (Å²) in [6.07, 6.45) is 0. The summed E-state index contributed by atoms with van der Waals surface area (Å²) >= 11 is 0. The quantitative estimate of drug-likeness (QED) is 0.777. The van der Waals surface area contributed by atoms with E-state index in [0.717, 1.165) is 5.56 Å². The van der Waals surface area contributed by atoms with Crippen molar-refractivity contribution < 1.29 is 14.3 Å². The number of esters is 1. The minimum atomic E-state index is -0.652. The van der Waals surface area contributed by atoms with Crippen molar-refractivity contribution in [2.75, 3.05) is 6.61 Å². The highest BCUT2D eigenvalue weighted by Gasteiger charge is 2.15. The highest BCUT2D eigenvalue weighted by atomic mass is 16.5. The molecular formula is C13H18N2O3. The van der Waals surface area contributed by atoms with Gasteiger partial charge in [-0.05, 0) is 19.4 Å². The van der Waals surface area contributed by atoms with Crippen molar-refractivity contribution in [1.29, 1.82) is 0 Å². The van der Waals surface area contributed by atoms with Gasteiger partial charge in [-0.2, -0.15) is 0 Å². The van der Waals surface area contributed by atoms with E-state index in [9.17, 15) is 9.59 Å². The molecule has 1 rings (SSSR count). The zero-order valence-corrected chi connectivity index (χ0v) is 10.6. The molecule has 0 saturated heterocycles. The molecule has 0 aliphatic heterocycles. The first kappa shape index (κ1) is 14.0. The summed E-state index contributed by atoms with van der Waals surface area (Å²) in [4.78, 5) is 22.8. The van der Waals surface area contributed by atoms with E-state index >= 15 is 0 Å². The Morgan fingerprint density at radius 1 is 1.28 bits per heavy atom. The van der Waals surface area contributed by atoms with Crippen molar-refractivity contribution >= 4 is 12.0 Å². The normalized spacial score (nSPS) is 11.4. The fraction of sp³-hybridized carbons (Fsp3) is 0.385. The van der Waals surface area contributed by atoms with Gasteiger partial charge in [0, 0.05) is 6.54 Å². The van der Waals surface area contributed by atoms with Gasteiger partial charge in [-0.1, -0.05) is 30.3 Å². The van der Waals surface area contributed by atoms with Gasteiger partial charge in [0.15, 0.2) is 0 Å². The molecule has 0 aromatic heterocycles. The number of hydrogen-bond donors (Lipinski definition) is 2. The molecule has 1 aromatic carbocycles. The van der Waals surface area contributed by atoms with Crippen molar-refractivity contribution in [2.24, 2.45) is 0 Å². The van der Waals surface area contributed by atoms with Crippen molar-refractivity contribution in [3.05, 3.63) is 35.9 Å². The van der Waals surface area contributed by atoms with Crippen molar-refractivity contribution in [1.82, 2.24) is 10.6 Å². The van der Waals surface area contributed by atoms with Gasteiger partial charge < -0.3 is 15.4 Å². The lowest BCUT2D eigenvalue weighted by Gasteiger charge is -2.13. The Kier molecular flexibility index (Phi) is 5.70. The topological polar surface area (TPSA) is 67.4 Å². The summed E-state index contributed by atoms with van der Waals surface area (Å²) in [6.45, 7) is 4.03. The Hall–Kier alpha value is -2.04. The highest BCUT2D eigenvalue weighted by Crippen LogP contribution is 1.97. The number of ether oxygens (including phenoxy) is 1. The molecule has 0 saturated carbocycles. The number of carbonyl (C=O) groups is 2. The molecule has 1 aromatic rings. The summed E-state index contributed by atoms with van der Waals surface area (Å²) < 4.78 is 4.79. The van der Waals surface area contributed by atoms with Gasteiger partial charge >= 0.3 is 12.0 Å². The maximum atomic E-state index is 11.5. The molecular weight excluding hydrogens is 232 g/mol. The molecule has 0 radical (unpaired) electrons. The number of amides is 2. The van der Waals surface area contributed by atoms with Crippen molar-refractivity contribution in [3.63, 3.8) is 0 Å². The SMILES string of the molecule is CCOC(=O)C(C)NC(=O)NCc1ccccc1. The number of hydrogen-bond acceptors (Lipinski definition) is 3. The molecule has 0 heterocycles. The molecule has 0 spiro atoms. The second kappa shape index (κ2) is 7.32. The molecule has 5 nitrogen and oxygen atoms in total. The van der Waals surface area contributed by atoms with Crippen LogP contribution in [0.4, 0.5) is 4.79 Å². The summed E-state index contributed by atoms with van der Waals surface area (Å²) in [5, 5.41) is 5.18. The predicted octanol–water partition coefficient (Wildman–Crippen LogP) is 1.44. The molecule has 0 aliphatic rings. The van der Waals surface area contributed by atoms with Crippen LogP contribution in [0.15, 0.2) is 30.3 Å². The second-order valence-electron chi connectivity index (χ2n) is 3.79. The molecule has 98 valence electrons. The minimum Gasteiger partial charge on any atom is -0.464 e. The van der Waals surface area contributed by atoms with Gasteiger partial charge in [0.2, 0.25) is 0 Å². The van der Waals surface area contributed by atoms with E-state index in [-0.39, 0.29) is 6.03 Å². The molecule has 1 unspecified atom stereocenters. The fourth-order valence-corrected chi connectivity index (χ4v) is 1.35. The van der Waals surface area contributed by atoms with Crippen LogP contribution in [0.25, 0.3) is 0 Å². The van der Waals surface area contributed by atoms with E-state index in [1.54, 1.807) is 13.8 Å². The van der Waals surface area contributed by atoms with Crippen LogP contribution in [0.3, 0.4) is 0 Å².